The van der Waals surface area contributed by atoms with Crippen molar-refractivity contribution in [3.63, 3.8) is 0 Å². The molecule has 1 aliphatic heterocycles. The van der Waals surface area contributed by atoms with Gasteiger partial charge in [-0.2, -0.15) is 0 Å². The van der Waals surface area contributed by atoms with Crippen LogP contribution in [0.5, 0.6) is 0 Å². The molecule has 3 nitrogen and oxygen atoms in total. The third-order valence-electron chi connectivity index (χ3n) is 3.27. The minimum Gasteiger partial charge on any atom is -0.357 e. The largest absolute Gasteiger partial charge is 0.357 e. The third kappa shape index (κ3) is 2.96. The number of rotatable bonds is 1. The second-order valence-corrected chi connectivity index (χ2v) is 5.96. The van der Waals surface area contributed by atoms with Crippen LogP contribution >= 0.6 is 0 Å². The van der Waals surface area contributed by atoms with E-state index in [1.54, 1.807) is 0 Å². The molecule has 2 heterocycles. The summed E-state index contributed by atoms with van der Waals surface area (Å²) in [7, 11) is 0. The molecule has 0 spiro atoms. The number of hydrogen-bond acceptors (Lipinski definition) is 3. The van der Waals surface area contributed by atoms with E-state index in [-0.39, 0.29) is 5.41 Å². The Morgan fingerprint density at radius 3 is 2.29 bits per heavy atom. The van der Waals surface area contributed by atoms with Crippen molar-refractivity contribution >= 4 is 5.82 Å². The molecule has 0 aromatic carbocycles. The highest BCUT2D eigenvalue weighted by molar-refractivity contribution is 5.41. The van der Waals surface area contributed by atoms with Crippen LogP contribution in [-0.2, 0) is 5.41 Å². The first-order chi connectivity index (χ1) is 7.97. The van der Waals surface area contributed by atoms with Crippen LogP contribution in [0.4, 0.5) is 5.82 Å². The number of aromatic nitrogens is 2. The molecular formula is C14H23N3. The summed E-state index contributed by atoms with van der Waals surface area (Å²) in [4.78, 5) is 11.5. The highest BCUT2D eigenvalue weighted by Crippen LogP contribution is 2.25. The number of nitrogens with zero attached hydrogens (tertiary/aromatic N) is 3. The molecule has 0 bridgehead atoms. The lowest BCUT2D eigenvalue weighted by Gasteiger charge is -2.29. The van der Waals surface area contributed by atoms with Crippen LogP contribution in [0.2, 0.25) is 0 Å². The summed E-state index contributed by atoms with van der Waals surface area (Å²) in [5.41, 5.74) is 1.24. The third-order valence-corrected chi connectivity index (χ3v) is 3.27. The first-order valence-electron chi connectivity index (χ1n) is 6.58. The lowest BCUT2D eigenvalue weighted by molar-refractivity contribution is 0.553. The summed E-state index contributed by atoms with van der Waals surface area (Å²) < 4.78 is 0. The van der Waals surface area contributed by atoms with Crippen molar-refractivity contribution in [3.8, 4) is 0 Å². The number of piperidine rings is 1. The van der Waals surface area contributed by atoms with E-state index < -0.39 is 0 Å². The van der Waals surface area contributed by atoms with Crippen molar-refractivity contribution in [1.82, 2.24) is 9.97 Å². The van der Waals surface area contributed by atoms with Gasteiger partial charge in [0.25, 0.3) is 0 Å². The molecule has 1 saturated heterocycles. The molecule has 17 heavy (non-hydrogen) atoms. The standard InChI is InChI=1S/C14H23N3/c1-11-15-12(14(2,3)4)10-13(16-11)17-8-6-5-7-9-17/h10H,5-9H2,1-4H3. The molecule has 94 valence electrons. The van der Waals surface area contributed by atoms with E-state index in [9.17, 15) is 0 Å². The summed E-state index contributed by atoms with van der Waals surface area (Å²) in [6, 6.07) is 2.16. The maximum Gasteiger partial charge on any atom is 0.132 e. The number of hydrogen-bond donors (Lipinski definition) is 0. The average molecular weight is 233 g/mol. The van der Waals surface area contributed by atoms with Gasteiger partial charge in [0.2, 0.25) is 0 Å². The Kier molecular flexibility index (Phi) is 3.36. The van der Waals surface area contributed by atoms with Gasteiger partial charge in [0.05, 0.1) is 5.69 Å². The van der Waals surface area contributed by atoms with Gasteiger partial charge in [-0.3, -0.25) is 0 Å². The maximum absolute atomic E-state index is 4.59. The van der Waals surface area contributed by atoms with Crippen LogP contribution in [0, 0.1) is 6.92 Å². The van der Waals surface area contributed by atoms with Crippen LogP contribution in [0.25, 0.3) is 0 Å². The fourth-order valence-corrected chi connectivity index (χ4v) is 2.22. The molecule has 2 rings (SSSR count). The summed E-state index contributed by atoms with van der Waals surface area (Å²) >= 11 is 0. The van der Waals surface area contributed by atoms with Gasteiger partial charge in [-0.25, -0.2) is 9.97 Å². The maximum atomic E-state index is 4.59. The minimum atomic E-state index is 0.0955. The van der Waals surface area contributed by atoms with E-state index in [2.05, 4.69) is 41.7 Å². The quantitative estimate of drug-likeness (QED) is 0.746. The SMILES string of the molecule is Cc1nc(N2CCCCC2)cc(C(C)(C)C)n1. The van der Waals surface area contributed by atoms with Crippen molar-refractivity contribution in [2.45, 2.75) is 52.4 Å². The molecule has 0 atom stereocenters. The summed E-state index contributed by atoms with van der Waals surface area (Å²) in [5, 5.41) is 0. The molecule has 0 radical (unpaired) electrons. The molecule has 3 heteroatoms. The summed E-state index contributed by atoms with van der Waals surface area (Å²) in [5.74, 6) is 2.00. The van der Waals surface area contributed by atoms with E-state index in [1.165, 1.54) is 19.3 Å². The van der Waals surface area contributed by atoms with Crippen molar-refractivity contribution in [3.05, 3.63) is 17.6 Å². The zero-order valence-corrected chi connectivity index (χ0v) is 11.5. The van der Waals surface area contributed by atoms with Crippen molar-refractivity contribution in [2.75, 3.05) is 18.0 Å². The zero-order chi connectivity index (χ0) is 12.5. The smallest absolute Gasteiger partial charge is 0.132 e. The topological polar surface area (TPSA) is 29.0 Å². The second-order valence-electron chi connectivity index (χ2n) is 5.96. The Morgan fingerprint density at radius 2 is 1.71 bits per heavy atom. The normalized spacial score (nSPS) is 17.3. The highest BCUT2D eigenvalue weighted by atomic mass is 15.2. The first-order valence-corrected chi connectivity index (χ1v) is 6.58. The van der Waals surface area contributed by atoms with Gasteiger partial charge in [-0.15, -0.1) is 0 Å². The van der Waals surface area contributed by atoms with Crippen LogP contribution < -0.4 is 4.90 Å². The Balaban J connectivity index is 2.31. The fraction of sp³-hybridized carbons (Fsp3) is 0.714. The number of aryl methyl sites for hydroxylation is 1. The first kappa shape index (κ1) is 12.3. The van der Waals surface area contributed by atoms with Gasteiger partial charge in [-0.05, 0) is 26.2 Å². The fourth-order valence-electron chi connectivity index (χ4n) is 2.22. The van der Waals surface area contributed by atoms with Gasteiger partial charge in [0.15, 0.2) is 0 Å². The van der Waals surface area contributed by atoms with Crippen molar-refractivity contribution < 1.29 is 0 Å². The predicted octanol–water partition coefficient (Wildman–Crippen LogP) is 3.07. The number of anilines is 1. The molecular weight excluding hydrogens is 210 g/mol. The van der Waals surface area contributed by atoms with Gasteiger partial charge >= 0.3 is 0 Å². The highest BCUT2D eigenvalue weighted by Gasteiger charge is 2.19. The Bertz CT molecular complexity index is 387. The Morgan fingerprint density at radius 1 is 1.06 bits per heavy atom. The summed E-state index contributed by atoms with van der Waals surface area (Å²) in [6.07, 6.45) is 3.93. The molecule has 1 aromatic rings. The molecule has 1 aliphatic rings. The lowest BCUT2D eigenvalue weighted by Crippen LogP contribution is -2.31. The molecule has 0 saturated carbocycles. The molecule has 0 unspecified atom stereocenters. The van der Waals surface area contributed by atoms with Crippen molar-refractivity contribution in [2.24, 2.45) is 0 Å². The zero-order valence-electron chi connectivity index (χ0n) is 11.5. The lowest BCUT2D eigenvalue weighted by atomic mass is 9.92. The van der Waals surface area contributed by atoms with E-state index in [0.717, 1.165) is 30.4 Å². The molecule has 1 fully saturated rings. The van der Waals surface area contributed by atoms with E-state index in [4.69, 9.17) is 0 Å². The average Bonchev–Trinajstić information content (AvgIpc) is 2.28. The van der Waals surface area contributed by atoms with Gasteiger partial charge in [0, 0.05) is 24.6 Å². The molecule has 0 aliphatic carbocycles. The van der Waals surface area contributed by atoms with E-state index in [0.29, 0.717) is 0 Å². The molecule has 1 aromatic heterocycles. The van der Waals surface area contributed by atoms with Crippen LogP contribution in [-0.4, -0.2) is 23.1 Å². The van der Waals surface area contributed by atoms with Crippen molar-refractivity contribution in [1.29, 1.82) is 0 Å². The minimum absolute atomic E-state index is 0.0955. The molecule has 0 N–H and O–H groups in total. The van der Waals surface area contributed by atoms with Crippen LogP contribution in [0.3, 0.4) is 0 Å². The van der Waals surface area contributed by atoms with E-state index in [1.807, 2.05) is 6.92 Å². The molecule has 0 amide bonds. The van der Waals surface area contributed by atoms with Crippen LogP contribution in [0.1, 0.15) is 51.6 Å². The Hall–Kier alpha value is -1.12. The van der Waals surface area contributed by atoms with Gasteiger partial charge < -0.3 is 4.90 Å². The second kappa shape index (κ2) is 4.63. The van der Waals surface area contributed by atoms with Gasteiger partial charge in [0.1, 0.15) is 11.6 Å². The predicted molar refractivity (Wildman–Crippen MR) is 71.5 cm³/mol. The van der Waals surface area contributed by atoms with Crippen LogP contribution in [0.15, 0.2) is 6.07 Å². The van der Waals surface area contributed by atoms with E-state index >= 15 is 0 Å². The Labute approximate surface area is 104 Å². The monoisotopic (exact) mass is 233 g/mol. The summed E-state index contributed by atoms with van der Waals surface area (Å²) in [6.45, 7) is 10.9. The van der Waals surface area contributed by atoms with Gasteiger partial charge in [-0.1, -0.05) is 20.8 Å².